The summed E-state index contributed by atoms with van der Waals surface area (Å²) in [6.45, 7) is 8.21. The Morgan fingerprint density at radius 3 is 2.24 bits per heavy atom. The number of nitrogens with zero attached hydrogens (tertiary/aromatic N) is 1. The van der Waals surface area contributed by atoms with Gasteiger partial charge in [0, 0.05) is 36.9 Å². The van der Waals surface area contributed by atoms with E-state index in [1.807, 2.05) is 30.3 Å². The fourth-order valence-corrected chi connectivity index (χ4v) is 4.16. The predicted octanol–water partition coefficient (Wildman–Crippen LogP) is 3.58. The van der Waals surface area contributed by atoms with Crippen LogP contribution in [0.25, 0.3) is 0 Å². The molecular formula is C22H31N3O3S. The first-order valence-corrected chi connectivity index (χ1v) is 11.2. The second-order valence-corrected chi connectivity index (χ2v) is 9.71. The average molecular weight is 418 g/mol. The lowest BCUT2D eigenvalue weighted by atomic mass is 10.0. The first kappa shape index (κ1) is 22.9. The molecule has 158 valence electrons. The molecule has 2 aromatic carbocycles. The van der Waals surface area contributed by atoms with E-state index in [-0.39, 0.29) is 22.9 Å². The molecule has 0 saturated heterocycles. The maximum atomic E-state index is 12.7. The third kappa shape index (κ3) is 6.05. The number of hydrogen-bond donors (Lipinski definition) is 2. The number of nitrogens with one attached hydrogen (secondary N) is 2. The number of carbonyl (C=O) groups excluding carboxylic acids is 1. The molecule has 29 heavy (non-hydrogen) atoms. The number of carbonyl (C=O) groups is 1. The third-order valence-electron chi connectivity index (χ3n) is 4.91. The molecule has 6 nitrogen and oxygen atoms in total. The highest BCUT2D eigenvalue weighted by Gasteiger charge is 2.24. The van der Waals surface area contributed by atoms with Crippen LogP contribution in [0.2, 0.25) is 0 Å². The predicted molar refractivity (Wildman–Crippen MR) is 118 cm³/mol. The summed E-state index contributed by atoms with van der Waals surface area (Å²) in [7, 11) is -2.10. The number of anilines is 1. The minimum absolute atomic E-state index is 0.0420. The SMILES string of the molecule is CC(C)C(CNC(=O)c1cccc(S(=O)(=O)N(C)C(C)C)c1)Nc1ccccc1. The van der Waals surface area contributed by atoms with E-state index in [4.69, 9.17) is 0 Å². The van der Waals surface area contributed by atoms with Crippen molar-refractivity contribution in [3.8, 4) is 0 Å². The number of benzene rings is 2. The summed E-state index contributed by atoms with van der Waals surface area (Å²) in [5, 5.41) is 6.35. The second kappa shape index (κ2) is 9.89. The van der Waals surface area contributed by atoms with E-state index in [9.17, 15) is 13.2 Å². The lowest BCUT2D eigenvalue weighted by molar-refractivity contribution is 0.0950. The van der Waals surface area contributed by atoms with Gasteiger partial charge in [-0.05, 0) is 50.1 Å². The molecule has 0 saturated carbocycles. The molecule has 1 unspecified atom stereocenters. The highest BCUT2D eigenvalue weighted by atomic mass is 32.2. The van der Waals surface area contributed by atoms with Gasteiger partial charge in [0.15, 0.2) is 0 Å². The Hall–Kier alpha value is -2.38. The lowest BCUT2D eigenvalue weighted by Crippen LogP contribution is -2.39. The number of para-hydroxylation sites is 1. The Morgan fingerprint density at radius 1 is 1.00 bits per heavy atom. The number of hydrogen-bond acceptors (Lipinski definition) is 4. The van der Waals surface area contributed by atoms with Crippen LogP contribution in [0.5, 0.6) is 0 Å². The monoisotopic (exact) mass is 417 g/mol. The zero-order valence-electron chi connectivity index (χ0n) is 17.7. The van der Waals surface area contributed by atoms with Crippen molar-refractivity contribution in [2.24, 2.45) is 5.92 Å². The Labute approximate surface area is 174 Å². The Kier molecular flexibility index (Phi) is 7.81. The maximum Gasteiger partial charge on any atom is 0.251 e. The smallest absolute Gasteiger partial charge is 0.251 e. The van der Waals surface area contributed by atoms with Crippen LogP contribution in [0, 0.1) is 5.92 Å². The number of amides is 1. The molecule has 0 aliphatic carbocycles. The van der Waals surface area contributed by atoms with E-state index in [1.54, 1.807) is 26.0 Å². The highest BCUT2D eigenvalue weighted by Crippen LogP contribution is 2.18. The van der Waals surface area contributed by atoms with Crippen LogP contribution in [0.1, 0.15) is 38.1 Å². The standard InChI is InChI=1S/C22H31N3O3S/c1-16(2)21(24-19-11-7-6-8-12-19)15-23-22(26)18-10-9-13-20(14-18)29(27,28)25(5)17(3)4/h6-14,16-17,21,24H,15H2,1-5H3,(H,23,26). The van der Waals surface area contributed by atoms with Gasteiger partial charge in [0.05, 0.1) is 4.90 Å². The van der Waals surface area contributed by atoms with E-state index in [0.717, 1.165) is 5.69 Å². The van der Waals surface area contributed by atoms with Gasteiger partial charge in [-0.25, -0.2) is 8.42 Å². The normalized spacial score (nSPS) is 13.0. The first-order chi connectivity index (χ1) is 13.6. The molecule has 0 aliphatic rings. The van der Waals surface area contributed by atoms with Crippen LogP contribution in [-0.4, -0.2) is 44.3 Å². The average Bonchev–Trinajstić information content (AvgIpc) is 2.70. The molecule has 1 atom stereocenters. The summed E-state index contributed by atoms with van der Waals surface area (Å²) in [5.74, 6) is -0.00308. The summed E-state index contributed by atoms with van der Waals surface area (Å²) in [4.78, 5) is 12.8. The molecule has 0 aliphatic heterocycles. The maximum absolute atomic E-state index is 12.7. The van der Waals surface area contributed by atoms with Gasteiger partial charge >= 0.3 is 0 Å². The van der Waals surface area contributed by atoms with Crippen molar-refractivity contribution in [2.75, 3.05) is 18.9 Å². The van der Waals surface area contributed by atoms with E-state index in [1.165, 1.54) is 23.5 Å². The van der Waals surface area contributed by atoms with Gasteiger partial charge in [0.1, 0.15) is 0 Å². The van der Waals surface area contributed by atoms with Crippen molar-refractivity contribution >= 4 is 21.6 Å². The van der Waals surface area contributed by atoms with Gasteiger partial charge in [0.25, 0.3) is 5.91 Å². The fourth-order valence-electron chi connectivity index (χ4n) is 2.75. The molecule has 2 N–H and O–H groups in total. The first-order valence-electron chi connectivity index (χ1n) is 9.80. The van der Waals surface area contributed by atoms with Gasteiger partial charge in [-0.1, -0.05) is 38.1 Å². The minimum Gasteiger partial charge on any atom is -0.380 e. The van der Waals surface area contributed by atoms with Gasteiger partial charge in [-0.2, -0.15) is 4.31 Å². The number of rotatable bonds is 9. The van der Waals surface area contributed by atoms with E-state index < -0.39 is 10.0 Å². The van der Waals surface area contributed by atoms with Crippen LogP contribution >= 0.6 is 0 Å². The van der Waals surface area contributed by atoms with Gasteiger partial charge in [0.2, 0.25) is 10.0 Å². The largest absolute Gasteiger partial charge is 0.380 e. The molecule has 2 rings (SSSR count). The molecule has 0 fully saturated rings. The molecule has 0 heterocycles. The summed E-state index contributed by atoms with van der Waals surface area (Å²) in [6.07, 6.45) is 0. The van der Waals surface area contributed by atoms with E-state index >= 15 is 0 Å². The summed E-state index contributed by atoms with van der Waals surface area (Å²) >= 11 is 0. The highest BCUT2D eigenvalue weighted by molar-refractivity contribution is 7.89. The van der Waals surface area contributed by atoms with E-state index in [0.29, 0.717) is 18.0 Å². The Balaban J connectivity index is 2.10. The molecule has 0 spiro atoms. The molecule has 0 aromatic heterocycles. The van der Waals surface area contributed by atoms with E-state index in [2.05, 4.69) is 24.5 Å². The third-order valence-corrected chi connectivity index (χ3v) is 6.94. The van der Waals surface area contributed by atoms with Gasteiger partial charge in [-0.3, -0.25) is 4.79 Å². The van der Waals surface area contributed by atoms with Crippen LogP contribution in [0.3, 0.4) is 0 Å². The zero-order chi connectivity index (χ0) is 21.6. The van der Waals surface area contributed by atoms with Crippen LogP contribution in [0.4, 0.5) is 5.69 Å². The fraction of sp³-hybridized carbons (Fsp3) is 0.409. The molecule has 2 aromatic rings. The van der Waals surface area contributed by atoms with Crippen molar-refractivity contribution in [1.82, 2.24) is 9.62 Å². The molecule has 0 bridgehead atoms. The van der Waals surface area contributed by atoms with Crippen molar-refractivity contribution in [3.05, 3.63) is 60.2 Å². The zero-order valence-corrected chi connectivity index (χ0v) is 18.5. The van der Waals surface area contributed by atoms with Crippen LogP contribution < -0.4 is 10.6 Å². The van der Waals surface area contributed by atoms with Crippen molar-refractivity contribution < 1.29 is 13.2 Å². The summed E-state index contributed by atoms with van der Waals surface area (Å²) in [6, 6.07) is 15.9. The Morgan fingerprint density at radius 2 is 1.66 bits per heavy atom. The summed E-state index contributed by atoms with van der Waals surface area (Å²) in [5.41, 5.74) is 1.32. The van der Waals surface area contributed by atoms with Gasteiger partial charge < -0.3 is 10.6 Å². The molecule has 1 amide bonds. The van der Waals surface area contributed by atoms with Crippen molar-refractivity contribution in [1.29, 1.82) is 0 Å². The molecular weight excluding hydrogens is 386 g/mol. The van der Waals surface area contributed by atoms with Gasteiger partial charge in [-0.15, -0.1) is 0 Å². The lowest BCUT2D eigenvalue weighted by Gasteiger charge is -2.24. The van der Waals surface area contributed by atoms with Crippen molar-refractivity contribution in [2.45, 2.75) is 44.7 Å². The molecule has 7 heteroatoms. The van der Waals surface area contributed by atoms with Crippen LogP contribution in [-0.2, 0) is 10.0 Å². The quantitative estimate of drug-likeness (QED) is 0.654. The Bertz CT molecular complexity index is 912. The molecule has 0 radical (unpaired) electrons. The second-order valence-electron chi connectivity index (χ2n) is 7.71. The topological polar surface area (TPSA) is 78.5 Å². The summed E-state index contributed by atoms with van der Waals surface area (Å²) < 4.78 is 26.7. The minimum atomic E-state index is -3.64. The van der Waals surface area contributed by atoms with Crippen LogP contribution in [0.15, 0.2) is 59.5 Å². The number of sulfonamides is 1. The van der Waals surface area contributed by atoms with Crippen molar-refractivity contribution in [3.63, 3.8) is 0 Å².